The molecule has 5 heteroatoms. The average Bonchev–Trinajstić information content (AvgIpc) is 3.55. The molecule has 4 nitrogen and oxygen atoms in total. The average molecular weight is 493 g/mol. The van der Waals surface area contributed by atoms with Crippen LogP contribution in [0.15, 0.2) is 35.2 Å². The molecule has 1 radical (unpaired) electrons. The van der Waals surface area contributed by atoms with Crippen molar-refractivity contribution in [3.63, 3.8) is 0 Å². The van der Waals surface area contributed by atoms with Crippen LogP contribution < -0.4 is 4.90 Å². The van der Waals surface area contributed by atoms with E-state index in [0.29, 0.717) is 12.5 Å². The molecule has 2 aromatic rings. The molecule has 5 rings (SSSR count). The van der Waals surface area contributed by atoms with Crippen molar-refractivity contribution in [1.82, 2.24) is 9.88 Å². The largest absolute Gasteiger partial charge is 0.396 e. The summed E-state index contributed by atoms with van der Waals surface area (Å²) >= 11 is 1.78. The maximum absolute atomic E-state index is 9.73. The van der Waals surface area contributed by atoms with E-state index in [0.717, 1.165) is 62.8 Å². The first kappa shape index (κ1) is 25.0. The number of hydrogen-bond acceptors (Lipinski definition) is 5. The summed E-state index contributed by atoms with van der Waals surface area (Å²) in [5.41, 5.74) is 7.31. The van der Waals surface area contributed by atoms with Crippen LogP contribution in [0.2, 0.25) is 0 Å². The molecule has 1 aromatic heterocycles. The van der Waals surface area contributed by atoms with E-state index < -0.39 is 0 Å². The zero-order chi connectivity index (χ0) is 24.6. The van der Waals surface area contributed by atoms with Crippen LogP contribution in [0.25, 0.3) is 11.3 Å². The third kappa shape index (κ3) is 5.68. The lowest BCUT2D eigenvalue weighted by Crippen LogP contribution is -2.47. The Morgan fingerprint density at radius 1 is 1.00 bits per heavy atom. The van der Waals surface area contributed by atoms with Gasteiger partial charge in [0.05, 0.1) is 5.69 Å². The Kier molecular flexibility index (Phi) is 7.13. The summed E-state index contributed by atoms with van der Waals surface area (Å²) in [7, 11) is 0. The molecule has 1 fully saturated rings. The molecule has 0 saturated carbocycles. The molecule has 1 unspecified atom stereocenters. The third-order valence-electron chi connectivity index (χ3n) is 8.64. The van der Waals surface area contributed by atoms with Gasteiger partial charge in [0.15, 0.2) is 5.13 Å². The van der Waals surface area contributed by atoms with Gasteiger partial charge in [0, 0.05) is 50.2 Å². The second kappa shape index (κ2) is 9.99. The number of allylic oxidation sites excluding steroid dienone is 2. The highest BCUT2D eigenvalue weighted by Gasteiger charge is 2.37. The minimum Gasteiger partial charge on any atom is -0.396 e. The predicted molar refractivity (Wildman–Crippen MR) is 148 cm³/mol. The van der Waals surface area contributed by atoms with Crippen LogP contribution in [0.1, 0.15) is 70.9 Å². The predicted octanol–water partition coefficient (Wildman–Crippen LogP) is 6.20. The minimum atomic E-state index is 0.221. The second-order valence-electron chi connectivity index (χ2n) is 12.2. The Labute approximate surface area is 216 Å². The Hall–Kier alpha value is -1.69. The molecule has 1 atom stereocenters. The summed E-state index contributed by atoms with van der Waals surface area (Å²) in [4.78, 5) is 10.1. The maximum Gasteiger partial charge on any atom is 0.185 e. The van der Waals surface area contributed by atoms with E-state index in [9.17, 15) is 5.11 Å². The van der Waals surface area contributed by atoms with Crippen molar-refractivity contribution >= 4 is 16.5 Å². The van der Waals surface area contributed by atoms with Crippen molar-refractivity contribution in [2.45, 2.75) is 70.6 Å². The number of rotatable bonds is 9. The van der Waals surface area contributed by atoms with Crippen LogP contribution >= 0.6 is 11.3 Å². The van der Waals surface area contributed by atoms with E-state index in [1.54, 1.807) is 11.3 Å². The van der Waals surface area contributed by atoms with Gasteiger partial charge in [-0.2, -0.15) is 0 Å². The molecule has 0 bridgehead atoms. The first-order chi connectivity index (χ1) is 16.7. The summed E-state index contributed by atoms with van der Waals surface area (Å²) < 4.78 is 0. The Morgan fingerprint density at radius 2 is 1.71 bits per heavy atom. The van der Waals surface area contributed by atoms with Crippen LogP contribution in [0.5, 0.6) is 0 Å². The summed E-state index contributed by atoms with van der Waals surface area (Å²) in [5.74, 6) is 0.427. The quantitative estimate of drug-likeness (QED) is 0.452. The topological polar surface area (TPSA) is 39.6 Å². The highest BCUT2D eigenvalue weighted by molar-refractivity contribution is 7.14. The minimum absolute atomic E-state index is 0.221. The highest BCUT2D eigenvalue weighted by Crippen LogP contribution is 2.47. The third-order valence-corrected chi connectivity index (χ3v) is 9.54. The molecule has 2 heterocycles. The van der Waals surface area contributed by atoms with Crippen molar-refractivity contribution in [2.75, 3.05) is 44.2 Å². The Bertz CT molecular complexity index is 1060. The molecule has 0 amide bonds. The van der Waals surface area contributed by atoms with Gasteiger partial charge in [-0.1, -0.05) is 51.5 Å². The van der Waals surface area contributed by atoms with Gasteiger partial charge in [-0.15, -0.1) is 11.3 Å². The van der Waals surface area contributed by atoms with E-state index in [4.69, 9.17) is 4.98 Å². The molecule has 1 aliphatic heterocycles. The Morgan fingerprint density at radius 3 is 2.40 bits per heavy atom. The van der Waals surface area contributed by atoms with Crippen molar-refractivity contribution in [3.05, 3.63) is 52.8 Å². The fourth-order valence-electron chi connectivity index (χ4n) is 5.74. The lowest BCUT2D eigenvalue weighted by molar-refractivity contribution is 0.180. The zero-order valence-corrected chi connectivity index (χ0v) is 22.8. The molecule has 1 aromatic carbocycles. The molecular weight excluding hydrogens is 450 g/mol. The lowest BCUT2D eigenvalue weighted by Gasteiger charge is -2.42. The van der Waals surface area contributed by atoms with Crippen LogP contribution in [0.4, 0.5) is 5.13 Å². The molecule has 189 valence electrons. The number of aromatic nitrogens is 1. The normalized spacial score (nSPS) is 22.0. The maximum atomic E-state index is 9.73. The molecule has 1 N–H and O–H groups in total. The molecule has 2 aliphatic carbocycles. The first-order valence-corrected chi connectivity index (χ1v) is 14.4. The molecule has 3 aliphatic rings. The number of aliphatic hydroxyl groups is 1. The molecule has 0 spiro atoms. The monoisotopic (exact) mass is 492 g/mol. The number of aliphatic hydroxyl groups excluding tert-OH is 1. The number of anilines is 1. The van der Waals surface area contributed by atoms with Crippen molar-refractivity contribution in [1.29, 1.82) is 0 Å². The zero-order valence-electron chi connectivity index (χ0n) is 22.0. The number of fused-ring (bicyclic) bond motifs is 1. The SMILES string of the molecule is CC1(C)CCC(C)(C)c2cc(-c3csc(N4CCN(CCC(CO)CCC5=C[CH]5)CC4)n3)ccc21. The van der Waals surface area contributed by atoms with Gasteiger partial charge in [0.1, 0.15) is 0 Å². The fourth-order valence-corrected chi connectivity index (χ4v) is 6.63. The van der Waals surface area contributed by atoms with Gasteiger partial charge in [-0.25, -0.2) is 4.98 Å². The van der Waals surface area contributed by atoms with Crippen molar-refractivity contribution < 1.29 is 5.11 Å². The van der Waals surface area contributed by atoms with Gasteiger partial charge in [-0.3, -0.25) is 4.90 Å². The van der Waals surface area contributed by atoms with Gasteiger partial charge in [0.2, 0.25) is 0 Å². The van der Waals surface area contributed by atoms with E-state index in [2.05, 4.69) is 73.6 Å². The van der Waals surface area contributed by atoms with Gasteiger partial charge < -0.3 is 10.0 Å². The van der Waals surface area contributed by atoms with E-state index in [1.807, 2.05) is 0 Å². The summed E-state index contributed by atoms with van der Waals surface area (Å²) in [6.07, 6.45) is 10.2. The number of piperazine rings is 1. The van der Waals surface area contributed by atoms with Gasteiger partial charge >= 0.3 is 0 Å². The fraction of sp³-hybridized carbons (Fsp3) is 0.600. The van der Waals surface area contributed by atoms with E-state index in [1.165, 1.54) is 35.1 Å². The molecular formula is C30H42N3OS. The van der Waals surface area contributed by atoms with E-state index >= 15 is 0 Å². The number of nitrogens with zero attached hydrogens (tertiary/aromatic N) is 3. The lowest BCUT2D eigenvalue weighted by atomic mass is 9.63. The van der Waals surface area contributed by atoms with Gasteiger partial charge in [-0.05, 0) is 72.6 Å². The van der Waals surface area contributed by atoms with Gasteiger partial charge in [0.25, 0.3) is 0 Å². The second-order valence-corrected chi connectivity index (χ2v) is 13.0. The van der Waals surface area contributed by atoms with Crippen LogP contribution in [-0.4, -0.2) is 54.3 Å². The molecule has 35 heavy (non-hydrogen) atoms. The molecule has 1 saturated heterocycles. The van der Waals surface area contributed by atoms with E-state index in [-0.39, 0.29) is 10.8 Å². The van der Waals surface area contributed by atoms with Crippen LogP contribution in [-0.2, 0) is 10.8 Å². The van der Waals surface area contributed by atoms with Crippen LogP contribution in [0.3, 0.4) is 0 Å². The van der Waals surface area contributed by atoms with Crippen LogP contribution in [0, 0.1) is 12.3 Å². The van der Waals surface area contributed by atoms with Crippen molar-refractivity contribution in [2.24, 2.45) is 5.92 Å². The smallest absolute Gasteiger partial charge is 0.185 e. The van der Waals surface area contributed by atoms with Crippen molar-refractivity contribution in [3.8, 4) is 11.3 Å². The Balaban J connectivity index is 1.18. The number of benzene rings is 1. The summed E-state index contributed by atoms with van der Waals surface area (Å²) in [6.45, 7) is 15.2. The highest BCUT2D eigenvalue weighted by atomic mass is 32.1. The summed E-state index contributed by atoms with van der Waals surface area (Å²) in [5, 5.41) is 13.1. The number of thiazole rings is 1. The first-order valence-electron chi connectivity index (χ1n) is 13.5. The summed E-state index contributed by atoms with van der Waals surface area (Å²) in [6, 6.07) is 7.07. The standard InChI is InChI=1S/C30H42N3OS/c1-29(2)12-13-30(3,4)26-19-24(9-10-25(26)29)27-21-35-28(31-27)33-17-15-32(16-18-33)14-11-23(20-34)8-7-22-5-6-22/h5-6,9-10,19,21,23,34H,7-8,11-18,20H2,1-4H3. The number of hydrogen-bond donors (Lipinski definition) is 1.